The first-order valence-electron chi connectivity index (χ1n) is 5.30. The van der Waals surface area contributed by atoms with Crippen molar-refractivity contribution in [1.29, 1.82) is 0 Å². The average molecular weight is 227 g/mol. The van der Waals surface area contributed by atoms with Crippen LogP contribution in [0.3, 0.4) is 0 Å². The summed E-state index contributed by atoms with van der Waals surface area (Å²) in [4.78, 5) is 0. The third-order valence-corrected chi connectivity index (χ3v) is 3.42. The molecule has 0 spiro atoms. The van der Waals surface area contributed by atoms with Crippen LogP contribution in [-0.4, -0.2) is 17.3 Å². The van der Waals surface area contributed by atoms with E-state index in [-0.39, 0.29) is 17.6 Å². The number of anilines is 1. The summed E-state index contributed by atoms with van der Waals surface area (Å²) in [6.07, 6.45) is 0.244. The van der Waals surface area contributed by atoms with Crippen molar-refractivity contribution in [2.24, 2.45) is 5.41 Å². The van der Waals surface area contributed by atoms with E-state index >= 15 is 0 Å². The van der Waals surface area contributed by atoms with Crippen LogP contribution in [0.5, 0.6) is 0 Å². The maximum Gasteiger partial charge on any atom is 0.128 e. The van der Waals surface area contributed by atoms with E-state index < -0.39 is 11.6 Å². The minimum absolute atomic E-state index is 0.0451. The summed E-state index contributed by atoms with van der Waals surface area (Å²) < 4.78 is 25.9. The van der Waals surface area contributed by atoms with Gasteiger partial charge >= 0.3 is 0 Å². The van der Waals surface area contributed by atoms with Crippen LogP contribution in [0.2, 0.25) is 0 Å². The Bertz CT molecular complexity index is 386. The number of nitrogens with one attached hydrogen (secondary N) is 1. The van der Waals surface area contributed by atoms with Gasteiger partial charge in [-0.3, -0.25) is 0 Å². The highest BCUT2D eigenvalue weighted by atomic mass is 19.1. The average Bonchev–Trinajstić information content (AvgIpc) is 2.15. The van der Waals surface area contributed by atoms with E-state index in [4.69, 9.17) is 0 Å². The van der Waals surface area contributed by atoms with Crippen molar-refractivity contribution < 1.29 is 13.9 Å². The van der Waals surface area contributed by atoms with Gasteiger partial charge in [-0.25, -0.2) is 8.78 Å². The second-order valence-corrected chi connectivity index (χ2v) is 4.93. The molecule has 1 aromatic carbocycles. The number of aliphatic hydroxyl groups is 1. The quantitative estimate of drug-likeness (QED) is 0.813. The number of hydrogen-bond acceptors (Lipinski definition) is 2. The number of halogens is 2. The molecule has 0 radical (unpaired) electrons. The predicted octanol–water partition coefficient (Wildman–Crippen LogP) is 2.54. The van der Waals surface area contributed by atoms with Crippen molar-refractivity contribution in [3.05, 3.63) is 29.8 Å². The first-order chi connectivity index (χ1) is 7.39. The molecular weight excluding hydrogens is 212 g/mol. The van der Waals surface area contributed by atoms with Gasteiger partial charge in [0.1, 0.15) is 11.6 Å². The van der Waals surface area contributed by atoms with Crippen LogP contribution < -0.4 is 5.32 Å². The van der Waals surface area contributed by atoms with E-state index in [0.717, 1.165) is 6.07 Å². The fraction of sp³-hybridized carbons (Fsp3) is 0.500. The van der Waals surface area contributed by atoms with Crippen molar-refractivity contribution >= 4 is 5.69 Å². The van der Waals surface area contributed by atoms with Gasteiger partial charge in [-0.1, -0.05) is 13.8 Å². The molecule has 2 nitrogen and oxygen atoms in total. The summed E-state index contributed by atoms with van der Waals surface area (Å²) in [7, 11) is 0. The molecule has 1 aliphatic carbocycles. The van der Waals surface area contributed by atoms with Crippen molar-refractivity contribution in [3.63, 3.8) is 0 Å². The molecule has 2 unspecified atom stereocenters. The van der Waals surface area contributed by atoms with Crippen LogP contribution in [0.1, 0.15) is 20.3 Å². The zero-order chi connectivity index (χ0) is 11.9. The van der Waals surface area contributed by atoms with E-state index in [2.05, 4.69) is 5.32 Å². The molecule has 0 heterocycles. The smallest absolute Gasteiger partial charge is 0.128 e. The molecule has 88 valence electrons. The summed E-state index contributed by atoms with van der Waals surface area (Å²) in [6.45, 7) is 3.85. The van der Waals surface area contributed by atoms with Crippen LogP contribution in [0, 0.1) is 17.0 Å². The van der Waals surface area contributed by atoms with Gasteiger partial charge < -0.3 is 10.4 Å². The highest BCUT2D eigenvalue weighted by Gasteiger charge is 2.47. The summed E-state index contributed by atoms with van der Waals surface area (Å²) >= 11 is 0. The van der Waals surface area contributed by atoms with E-state index in [9.17, 15) is 13.9 Å². The molecule has 1 aromatic rings. The van der Waals surface area contributed by atoms with Crippen molar-refractivity contribution in [2.75, 3.05) is 5.32 Å². The van der Waals surface area contributed by atoms with Gasteiger partial charge in [0, 0.05) is 23.2 Å². The van der Waals surface area contributed by atoms with E-state index in [1.165, 1.54) is 12.1 Å². The third kappa shape index (κ3) is 1.89. The molecule has 0 bridgehead atoms. The molecule has 1 aliphatic rings. The Morgan fingerprint density at radius 3 is 2.25 bits per heavy atom. The maximum absolute atomic E-state index is 12.9. The lowest BCUT2D eigenvalue weighted by Crippen LogP contribution is -2.56. The zero-order valence-corrected chi connectivity index (χ0v) is 9.30. The normalized spacial score (nSPS) is 27.3. The number of aliphatic hydroxyl groups excluding tert-OH is 1. The number of benzene rings is 1. The van der Waals surface area contributed by atoms with Crippen LogP contribution >= 0.6 is 0 Å². The van der Waals surface area contributed by atoms with Gasteiger partial charge in [0.15, 0.2) is 0 Å². The van der Waals surface area contributed by atoms with Gasteiger partial charge in [0.05, 0.1) is 6.10 Å². The van der Waals surface area contributed by atoms with Gasteiger partial charge in [0.25, 0.3) is 0 Å². The molecule has 2 atom stereocenters. The lowest BCUT2D eigenvalue weighted by molar-refractivity contribution is -0.0510. The molecule has 1 fully saturated rings. The fourth-order valence-corrected chi connectivity index (χ4v) is 1.99. The van der Waals surface area contributed by atoms with E-state index in [0.29, 0.717) is 12.1 Å². The second-order valence-electron chi connectivity index (χ2n) is 4.93. The molecule has 1 saturated carbocycles. The van der Waals surface area contributed by atoms with Crippen LogP contribution in [0.15, 0.2) is 18.2 Å². The highest BCUT2D eigenvalue weighted by molar-refractivity contribution is 5.46. The lowest BCUT2D eigenvalue weighted by atomic mass is 9.64. The summed E-state index contributed by atoms with van der Waals surface area (Å²) in [6, 6.07) is 3.39. The minimum atomic E-state index is -0.597. The fourth-order valence-electron chi connectivity index (χ4n) is 1.99. The molecule has 16 heavy (non-hydrogen) atoms. The second kappa shape index (κ2) is 3.70. The monoisotopic (exact) mass is 227 g/mol. The molecular formula is C12H15F2NO. The van der Waals surface area contributed by atoms with Gasteiger partial charge in [-0.15, -0.1) is 0 Å². The summed E-state index contributed by atoms with van der Waals surface area (Å²) in [5.41, 5.74) is 0.158. The van der Waals surface area contributed by atoms with E-state index in [1.54, 1.807) is 0 Å². The Kier molecular flexibility index (Phi) is 2.62. The first-order valence-corrected chi connectivity index (χ1v) is 5.30. The van der Waals surface area contributed by atoms with Crippen molar-refractivity contribution in [2.45, 2.75) is 32.4 Å². The highest BCUT2D eigenvalue weighted by Crippen LogP contribution is 2.42. The van der Waals surface area contributed by atoms with Gasteiger partial charge in [-0.05, 0) is 18.6 Å². The first kappa shape index (κ1) is 11.3. The largest absolute Gasteiger partial charge is 0.392 e. The molecule has 2 N–H and O–H groups in total. The number of hydrogen-bond donors (Lipinski definition) is 2. The number of rotatable bonds is 2. The van der Waals surface area contributed by atoms with Crippen molar-refractivity contribution in [3.8, 4) is 0 Å². The Labute approximate surface area is 93.3 Å². The Hall–Kier alpha value is -1.16. The van der Waals surface area contributed by atoms with Crippen LogP contribution in [0.4, 0.5) is 14.5 Å². The third-order valence-electron chi connectivity index (χ3n) is 3.42. The SMILES string of the molecule is CC1(C)C(O)CC1Nc1cc(F)cc(F)c1. The Balaban J connectivity index is 2.11. The molecule has 0 amide bonds. The molecule has 0 aliphatic heterocycles. The topological polar surface area (TPSA) is 32.3 Å². The summed E-state index contributed by atoms with van der Waals surface area (Å²) in [5.74, 6) is -1.19. The lowest BCUT2D eigenvalue weighted by Gasteiger charge is -2.49. The van der Waals surface area contributed by atoms with Crippen molar-refractivity contribution in [1.82, 2.24) is 0 Å². The Morgan fingerprint density at radius 1 is 1.25 bits per heavy atom. The summed E-state index contributed by atoms with van der Waals surface area (Å²) in [5, 5.41) is 12.6. The molecule has 0 aromatic heterocycles. The molecule has 2 rings (SSSR count). The van der Waals surface area contributed by atoms with Crippen LogP contribution in [-0.2, 0) is 0 Å². The molecule has 4 heteroatoms. The predicted molar refractivity (Wildman–Crippen MR) is 58.2 cm³/mol. The Morgan fingerprint density at radius 2 is 1.81 bits per heavy atom. The van der Waals surface area contributed by atoms with Gasteiger partial charge in [0.2, 0.25) is 0 Å². The standard InChI is InChI=1S/C12H15F2NO/c1-12(2)10(6-11(12)16)15-9-4-7(13)3-8(14)5-9/h3-5,10-11,15-16H,6H2,1-2H3. The minimum Gasteiger partial charge on any atom is -0.392 e. The van der Waals surface area contributed by atoms with E-state index in [1.807, 2.05) is 13.8 Å². The van der Waals surface area contributed by atoms with Crippen LogP contribution in [0.25, 0.3) is 0 Å². The van der Waals surface area contributed by atoms with Gasteiger partial charge in [-0.2, -0.15) is 0 Å². The zero-order valence-electron chi connectivity index (χ0n) is 9.30. The molecule has 0 saturated heterocycles. The maximum atomic E-state index is 12.9.